The third-order valence-corrected chi connectivity index (χ3v) is 3.13. The van der Waals surface area contributed by atoms with Crippen LogP contribution in [0.2, 0.25) is 5.02 Å². The molecule has 0 aromatic heterocycles. The summed E-state index contributed by atoms with van der Waals surface area (Å²) in [5, 5.41) is 1.95. The molecule has 1 amide bonds. The number of amides is 1. The highest BCUT2D eigenvalue weighted by Crippen LogP contribution is 2.27. The maximum Gasteiger partial charge on any atom is 0.283 e. The first-order valence-corrected chi connectivity index (χ1v) is 6.35. The summed E-state index contributed by atoms with van der Waals surface area (Å²) in [5.74, 6) is 0.409. The number of hydrogen-bond donors (Lipinski definition) is 0. The van der Waals surface area contributed by atoms with Gasteiger partial charge in [0.25, 0.3) is 5.91 Å². The fourth-order valence-electron chi connectivity index (χ4n) is 1.45. The SMILES string of the molecule is O=C(COc1ccc(Cl)cc1Br)N1CCCO1. The molecule has 92 valence electrons. The molecule has 0 N–H and O–H groups in total. The van der Waals surface area contributed by atoms with E-state index in [9.17, 15) is 4.79 Å². The predicted octanol–water partition coefficient (Wildman–Crippen LogP) is 2.65. The minimum Gasteiger partial charge on any atom is -0.482 e. The average molecular weight is 321 g/mol. The molecule has 0 spiro atoms. The van der Waals surface area contributed by atoms with Crippen molar-refractivity contribution in [1.82, 2.24) is 5.06 Å². The minimum atomic E-state index is -0.177. The summed E-state index contributed by atoms with van der Waals surface area (Å²) in [6.45, 7) is 1.18. The van der Waals surface area contributed by atoms with E-state index in [4.69, 9.17) is 21.2 Å². The topological polar surface area (TPSA) is 38.8 Å². The summed E-state index contributed by atoms with van der Waals surface area (Å²) in [6.07, 6.45) is 0.871. The number of rotatable bonds is 3. The van der Waals surface area contributed by atoms with E-state index in [1.807, 2.05) is 0 Å². The van der Waals surface area contributed by atoms with E-state index in [2.05, 4.69) is 15.9 Å². The molecular formula is C11H11BrClNO3. The molecule has 6 heteroatoms. The zero-order valence-electron chi connectivity index (χ0n) is 8.99. The number of halogens is 2. The number of hydrogen-bond acceptors (Lipinski definition) is 3. The van der Waals surface area contributed by atoms with Gasteiger partial charge in [0.1, 0.15) is 5.75 Å². The Morgan fingerprint density at radius 1 is 1.59 bits per heavy atom. The van der Waals surface area contributed by atoms with Crippen LogP contribution in [0.4, 0.5) is 0 Å². The molecular weight excluding hydrogens is 309 g/mol. The zero-order valence-corrected chi connectivity index (χ0v) is 11.3. The van der Waals surface area contributed by atoms with E-state index in [1.165, 1.54) is 5.06 Å². The maximum absolute atomic E-state index is 11.6. The van der Waals surface area contributed by atoms with Crippen molar-refractivity contribution in [1.29, 1.82) is 0 Å². The fourth-order valence-corrected chi connectivity index (χ4v) is 2.25. The fraction of sp³-hybridized carbons (Fsp3) is 0.364. The van der Waals surface area contributed by atoms with Crippen LogP contribution in [0.3, 0.4) is 0 Å². The molecule has 1 aromatic rings. The van der Waals surface area contributed by atoms with Gasteiger partial charge < -0.3 is 4.74 Å². The first-order valence-electron chi connectivity index (χ1n) is 5.18. The maximum atomic E-state index is 11.6. The standard InChI is InChI=1S/C11H11BrClNO3/c12-9-6-8(13)2-3-10(9)16-7-11(15)14-4-1-5-17-14/h2-3,6H,1,4-5,7H2. The van der Waals surface area contributed by atoms with Gasteiger partial charge in [-0.25, -0.2) is 5.06 Å². The molecule has 0 saturated carbocycles. The molecule has 1 heterocycles. The monoisotopic (exact) mass is 319 g/mol. The van der Waals surface area contributed by atoms with Gasteiger partial charge in [-0.1, -0.05) is 11.6 Å². The molecule has 17 heavy (non-hydrogen) atoms. The Balaban J connectivity index is 1.90. The van der Waals surface area contributed by atoms with Crippen LogP contribution in [0.5, 0.6) is 5.75 Å². The van der Waals surface area contributed by atoms with E-state index < -0.39 is 0 Å². The summed E-state index contributed by atoms with van der Waals surface area (Å²) in [5.41, 5.74) is 0. The highest BCUT2D eigenvalue weighted by molar-refractivity contribution is 9.10. The van der Waals surface area contributed by atoms with Crippen LogP contribution in [0.1, 0.15) is 6.42 Å². The van der Waals surface area contributed by atoms with Crippen molar-refractivity contribution in [2.75, 3.05) is 19.8 Å². The Morgan fingerprint density at radius 3 is 3.06 bits per heavy atom. The normalized spacial score (nSPS) is 15.1. The van der Waals surface area contributed by atoms with Gasteiger partial charge in [-0.15, -0.1) is 0 Å². The number of ether oxygens (including phenoxy) is 1. The van der Waals surface area contributed by atoms with Gasteiger partial charge in [-0.2, -0.15) is 0 Å². The summed E-state index contributed by atoms with van der Waals surface area (Å²) in [6, 6.07) is 5.14. The number of carbonyl (C=O) groups excluding carboxylic acids is 1. The number of benzene rings is 1. The second kappa shape index (κ2) is 5.71. The van der Waals surface area contributed by atoms with E-state index >= 15 is 0 Å². The molecule has 2 rings (SSSR count). The lowest BCUT2D eigenvalue weighted by Gasteiger charge is -2.14. The smallest absolute Gasteiger partial charge is 0.283 e. The van der Waals surface area contributed by atoms with Crippen LogP contribution < -0.4 is 4.74 Å². The molecule has 1 fully saturated rings. The highest BCUT2D eigenvalue weighted by Gasteiger charge is 2.19. The van der Waals surface area contributed by atoms with Crippen LogP contribution in [-0.2, 0) is 9.63 Å². The second-order valence-corrected chi connectivity index (χ2v) is 4.84. The molecule has 1 aliphatic heterocycles. The second-order valence-electron chi connectivity index (χ2n) is 3.55. The van der Waals surface area contributed by atoms with Gasteiger partial charge >= 0.3 is 0 Å². The van der Waals surface area contributed by atoms with Crippen LogP contribution in [0.15, 0.2) is 22.7 Å². The third kappa shape index (κ3) is 3.34. The Kier molecular flexibility index (Phi) is 4.25. The molecule has 0 aliphatic carbocycles. The minimum absolute atomic E-state index is 0.0414. The lowest BCUT2D eigenvalue weighted by atomic mass is 10.3. The van der Waals surface area contributed by atoms with Gasteiger partial charge in [-0.05, 0) is 40.5 Å². The van der Waals surface area contributed by atoms with Crippen molar-refractivity contribution < 1.29 is 14.4 Å². The van der Waals surface area contributed by atoms with Crippen LogP contribution >= 0.6 is 27.5 Å². The largest absolute Gasteiger partial charge is 0.482 e. The molecule has 1 saturated heterocycles. The van der Waals surface area contributed by atoms with E-state index in [1.54, 1.807) is 18.2 Å². The first kappa shape index (κ1) is 12.7. The van der Waals surface area contributed by atoms with Crippen molar-refractivity contribution in [2.45, 2.75) is 6.42 Å². The lowest BCUT2D eigenvalue weighted by molar-refractivity contribution is -0.170. The van der Waals surface area contributed by atoms with Gasteiger partial charge in [0.2, 0.25) is 0 Å². The quantitative estimate of drug-likeness (QED) is 0.859. The molecule has 4 nitrogen and oxygen atoms in total. The lowest BCUT2D eigenvalue weighted by Crippen LogP contribution is -2.31. The van der Waals surface area contributed by atoms with Crippen molar-refractivity contribution in [3.8, 4) is 5.75 Å². The summed E-state index contributed by atoms with van der Waals surface area (Å²) >= 11 is 9.12. The molecule has 1 aromatic carbocycles. The van der Waals surface area contributed by atoms with Gasteiger partial charge in [0, 0.05) is 5.02 Å². The van der Waals surface area contributed by atoms with Crippen LogP contribution in [-0.4, -0.2) is 30.7 Å². The highest BCUT2D eigenvalue weighted by atomic mass is 79.9. The number of nitrogens with zero attached hydrogens (tertiary/aromatic N) is 1. The zero-order chi connectivity index (χ0) is 12.3. The summed E-state index contributed by atoms with van der Waals surface area (Å²) in [7, 11) is 0. The van der Waals surface area contributed by atoms with E-state index in [-0.39, 0.29) is 12.5 Å². The van der Waals surface area contributed by atoms with Gasteiger partial charge in [0.15, 0.2) is 6.61 Å². The van der Waals surface area contributed by atoms with Crippen molar-refractivity contribution in [2.24, 2.45) is 0 Å². The van der Waals surface area contributed by atoms with Gasteiger partial charge in [0.05, 0.1) is 17.6 Å². The van der Waals surface area contributed by atoms with E-state index in [0.29, 0.717) is 23.9 Å². The number of hydroxylamine groups is 2. The third-order valence-electron chi connectivity index (χ3n) is 2.28. The van der Waals surface area contributed by atoms with Crippen molar-refractivity contribution >= 4 is 33.4 Å². The Bertz CT molecular complexity index is 421. The Labute approximate surface area is 113 Å². The summed E-state index contributed by atoms with van der Waals surface area (Å²) < 4.78 is 6.11. The Hall–Kier alpha value is -0.780. The Morgan fingerprint density at radius 2 is 2.41 bits per heavy atom. The molecule has 0 atom stereocenters. The van der Waals surface area contributed by atoms with Crippen LogP contribution in [0, 0.1) is 0 Å². The van der Waals surface area contributed by atoms with Gasteiger partial charge in [-0.3, -0.25) is 9.63 Å². The predicted molar refractivity (Wildman–Crippen MR) is 66.9 cm³/mol. The first-order chi connectivity index (χ1) is 8.16. The van der Waals surface area contributed by atoms with E-state index in [0.717, 1.165) is 10.9 Å². The summed E-state index contributed by atoms with van der Waals surface area (Å²) in [4.78, 5) is 16.8. The molecule has 0 radical (unpaired) electrons. The average Bonchev–Trinajstić information content (AvgIpc) is 2.81. The number of carbonyl (C=O) groups is 1. The molecule has 1 aliphatic rings. The van der Waals surface area contributed by atoms with Crippen molar-refractivity contribution in [3.05, 3.63) is 27.7 Å². The molecule has 0 unspecified atom stereocenters. The van der Waals surface area contributed by atoms with Crippen LogP contribution in [0.25, 0.3) is 0 Å². The molecule has 0 bridgehead atoms. The van der Waals surface area contributed by atoms with Crippen molar-refractivity contribution in [3.63, 3.8) is 0 Å².